The Kier molecular flexibility index (Phi) is 5.97. The predicted molar refractivity (Wildman–Crippen MR) is 101 cm³/mol. The molecule has 0 atom stereocenters. The van der Waals surface area contributed by atoms with Crippen LogP contribution in [-0.4, -0.2) is 20.0 Å². The lowest BCUT2D eigenvalue weighted by Gasteiger charge is -2.37. The Labute approximate surface area is 145 Å². The van der Waals surface area contributed by atoms with E-state index in [2.05, 4.69) is 69.7 Å². The predicted octanol–water partition coefficient (Wildman–Crippen LogP) is 6.15. The van der Waals surface area contributed by atoms with Crippen molar-refractivity contribution in [2.24, 2.45) is 0 Å². The molecule has 0 fully saturated rings. The number of halogens is 1. The standard InChI is InChI=1S/C18H31BrO2Si/c1-13-11-14(19)16(15(20)12-13)18(5,6)9-10-21-22(7,8)17(2,3)4/h11-12,20H,9-10H2,1-8H3. The summed E-state index contributed by atoms with van der Waals surface area (Å²) in [6.07, 6.45) is 0.884. The highest BCUT2D eigenvalue weighted by Crippen LogP contribution is 2.41. The van der Waals surface area contributed by atoms with Crippen LogP contribution in [0.3, 0.4) is 0 Å². The first-order chi connectivity index (χ1) is 9.78. The van der Waals surface area contributed by atoms with Gasteiger partial charge < -0.3 is 9.53 Å². The molecule has 0 amide bonds. The van der Waals surface area contributed by atoms with Gasteiger partial charge in [0, 0.05) is 16.6 Å². The zero-order valence-electron chi connectivity index (χ0n) is 15.3. The van der Waals surface area contributed by atoms with Gasteiger partial charge in [-0.3, -0.25) is 0 Å². The largest absolute Gasteiger partial charge is 0.508 e. The topological polar surface area (TPSA) is 29.5 Å². The molecule has 1 rings (SSSR count). The van der Waals surface area contributed by atoms with Gasteiger partial charge in [-0.2, -0.15) is 0 Å². The van der Waals surface area contributed by atoms with E-state index >= 15 is 0 Å². The first-order valence-corrected chi connectivity index (χ1v) is 11.6. The number of phenolic OH excluding ortho intramolecular Hbond substituents is 1. The molecular formula is C18H31BrO2Si. The minimum Gasteiger partial charge on any atom is -0.508 e. The van der Waals surface area contributed by atoms with Gasteiger partial charge in [0.1, 0.15) is 5.75 Å². The van der Waals surface area contributed by atoms with E-state index in [0.29, 0.717) is 5.75 Å². The number of aryl methyl sites for hydroxylation is 1. The van der Waals surface area contributed by atoms with Crippen LogP contribution in [0.15, 0.2) is 16.6 Å². The van der Waals surface area contributed by atoms with Crippen molar-refractivity contribution in [2.75, 3.05) is 6.61 Å². The van der Waals surface area contributed by atoms with Crippen molar-refractivity contribution in [1.82, 2.24) is 0 Å². The van der Waals surface area contributed by atoms with Gasteiger partial charge in [0.25, 0.3) is 0 Å². The van der Waals surface area contributed by atoms with Crippen molar-refractivity contribution in [2.45, 2.75) is 71.5 Å². The van der Waals surface area contributed by atoms with Crippen molar-refractivity contribution in [3.63, 3.8) is 0 Å². The van der Waals surface area contributed by atoms with E-state index in [4.69, 9.17) is 4.43 Å². The third-order valence-corrected chi connectivity index (χ3v) is 10.1. The second-order valence-electron chi connectivity index (χ2n) is 8.38. The first-order valence-electron chi connectivity index (χ1n) is 7.91. The number of benzene rings is 1. The molecule has 0 bridgehead atoms. The average molecular weight is 387 g/mol. The van der Waals surface area contributed by atoms with E-state index in [0.717, 1.165) is 28.6 Å². The number of hydrogen-bond donors (Lipinski definition) is 1. The smallest absolute Gasteiger partial charge is 0.191 e. The monoisotopic (exact) mass is 386 g/mol. The van der Waals surface area contributed by atoms with E-state index < -0.39 is 8.32 Å². The summed E-state index contributed by atoms with van der Waals surface area (Å²) in [6.45, 7) is 18.4. The Morgan fingerprint density at radius 3 is 2.14 bits per heavy atom. The molecule has 4 heteroatoms. The molecule has 0 spiro atoms. The minimum atomic E-state index is -1.72. The van der Waals surface area contributed by atoms with Gasteiger partial charge >= 0.3 is 0 Å². The van der Waals surface area contributed by atoms with Crippen LogP contribution in [0.5, 0.6) is 5.75 Å². The van der Waals surface area contributed by atoms with Crippen molar-refractivity contribution < 1.29 is 9.53 Å². The summed E-state index contributed by atoms with van der Waals surface area (Å²) in [5.41, 5.74) is 1.89. The van der Waals surface area contributed by atoms with Crippen LogP contribution in [0.25, 0.3) is 0 Å². The zero-order chi connectivity index (χ0) is 17.3. The maximum absolute atomic E-state index is 10.3. The fourth-order valence-corrected chi connectivity index (χ4v) is 4.44. The van der Waals surface area contributed by atoms with Crippen molar-refractivity contribution in [1.29, 1.82) is 0 Å². The van der Waals surface area contributed by atoms with Crippen LogP contribution >= 0.6 is 15.9 Å². The molecule has 0 unspecified atom stereocenters. The van der Waals surface area contributed by atoms with Gasteiger partial charge in [-0.05, 0) is 54.6 Å². The molecule has 1 aromatic carbocycles. The van der Waals surface area contributed by atoms with Crippen molar-refractivity contribution in [3.8, 4) is 5.75 Å². The van der Waals surface area contributed by atoms with Crippen molar-refractivity contribution in [3.05, 3.63) is 27.7 Å². The summed E-state index contributed by atoms with van der Waals surface area (Å²) in [4.78, 5) is 0. The lowest BCUT2D eigenvalue weighted by atomic mass is 9.81. The first kappa shape index (κ1) is 19.7. The van der Waals surface area contributed by atoms with E-state index in [1.54, 1.807) is 0 Å². The summed E-state index contributed by atoms with van der Waals surface area (Å²) in [5.74, 6) is 0.365. The van der Waals surface area contributed by atoms with Gasteiger partial charge in [-0.1, -0.05) is 50.5 Å². The molecule has 0 heterocycles. The Hall–Kier alpha value is -0.323. The van der Waals surface area contributed by atoms with Gasteiger partial charge in [-0.15, -0.1) is 0 Å². The molecular weight excluding hydrogens is 356 g/mol. The second-order valence-corrected chi connectivity index (χ2v) is 14.0. The molecule has 0 aliphatic carbocycles. The summed E-state index contributed by atoms with van der Waals surface area (Å²) < 4.78 is 7.27. The fourth-order valence-electron chi connectivity index (χ4n) is 2.30. The quantitative estimate of drug-likeness (QED) is 0.614. The minimum absolute atomic E-state index is 0.140. The van der Waals surface area contributed by atoms with E-state index in [1.165, 1.54) is 0 Å². The highest BCUT2D eigenvalue weighted by Gasteiger charge is 2.37. The summed E-state index contributed by atoms with van der Waals surface area (Å²) in [5, 5.41) is 10.6. The molecule has 0 radical (unpaired) electrons. The maximum Gasteiger partial charge on any atom is 0.191 e. The molecule has 22 heavy (non-hydrogen) atoms. The van der Waals surface area contributed by atoms with Crippen molar-refractivity contribution >= 4 is 24.2 Å². The summed E-state index contributed by atoms with van der Waals surface area (Å²) in [7, 11) is -1.72. The van der Waals surface area contributed by atoms with E-state index in [-0.39, 0.29) is 10.5 Å². The van der Waals surface area contributed by atoms with Gasteiger partial charge in [0.2, 0.25) is 0 Å². The van der Waals surface area contributed by atoms with Crippen LogP contribution in [0.2, 0.25) is 18.1 Å². The molecule has 0 aliphatic rings. The highest BCUT2D eigenvalue weighted by atomic mass is 79.9. The Balaban J connectivity index is 2.86. The Bertz CT molecular complexity index is 507. The third kappa shape index (κ3) is 4.59. The number of hydrogen-bond acceptors (Lipinski definition) is 2. The maximum atomic E-state index is 10.3. The second kappa shape index (κ2) is 6.66. The molecule has 0 aromatic heterocycles. The third-order valence-electron chi connectivity index (χ3n) is 4.89. The Morgan fingerprint density at radius 1 is 1.14 bits per heavy atom. The molecule has 0 saturated heterocycles. The lowest BCUT2D eigenvalue weighted by Crippen LogP contribution is -2.41. The normalized spacial score (nSPS) is 13.5. The fraction of sp³-hybridized carbons (Fsp3) is 0.667. The van der Waals surface area contributed by atoms with Gasteiger partial charge in [0.05, 0.1) is 0 Å². The van der Waals surface area contributed by atoms with E-state index in [9.17, 15) is 5.11 Å². The Morgan fingerprint density at radius 2 is 1.68 bits per heavy atom. The van der Waals surface area contributed by atoms with Gasteiger partial charge in [-0.25, -0.2) is 0 Å². The van der Waals surface area contributed by atoms with Crippen LogP contribution in [0, 0.1) is 6.92 Å². The summed E-state index contributed by atoms with van der Waals surface area (Å²) >= 11 is 3.60. The highest BCUT2D eigenvalue weighted by molar-refractivity contribution is 9.10. The number of rotatable bonds is 5. The molecule has 0 saturated carbocycles. The summed E-state index contributed by atoms with van der Waals surface area (Å²) in [6, 6.07) is 3.89. The number of phenols is 1. The molecule has 2 nitrogen and oxygen atoms in total. The van der Waals surface area contributed by atoms with Crippen LogP contribution in [0.1, 0.15) is 52.2 Å². The molecule has 1 aromatic rings. The zero-order valence-corrected chi connectivity index (χ0v) is 17.9. The number of aromatic hydroxyl groups is 1. The average Bonchev–Trinajstić information content (AvgIpc) is 2.23. The van der Waals surface area contributed by atoms with Crippen LogP contribution < -0.4 is 0 Å². The van der Waals surface area contributed by atoms with Crippen LogP contribution in [-0.2, 0) is 9.84 Å². The molecule has 1 N–H and O–H groups in total. The van der Waals surface area contributed by atoms with E-state index in [1.807, 2.05) is 13.0 Å². The SMILES string of the molecule is Cc1cc(O)c(C(C)(C)CCO[Si](C)(C)C(C)(C)C)c(Br)c1. The molecule has 126 valence electrons. The molecule has 0 aliphatic heterocycles. The van der Waals surface area contributed by atoms with Crippen LogP contribution in [0.4, 0.5) is 0 Å². The van der Waals surface area contributed by atoms with Gasteiger partial charge in [0.15, 0.2) is 8.32 Å². The lowest BCUT2D eigenvalue weighted by molar-refractivity contribution is 0.248.